The second kappa shape index (κ2) is 10.8. The van der Waals surface area contributed by atoms with E-state index in [0.29, 0.717) is 24.2 Å². The first kappa shape index (κ1) is 24.9. The van der Waals surface area contributed by atoms with Gasteiger partial charge in [0.05, 0.1) is 23.8 Å². The van der Waals surface area contributed by atoms with Gasteiger partial charge in [-0.2, -0.15) is 0 Å². The van der Waals surface area contributed by atoms with Crippen molar-refractivity contribution in [2.45, 2.75) is 85.3 Å². The number of aryl methyl sites for hydroxylation is 3. The number of hydrogen-bond donors (Lipinski definition) is 1. The van der Waals surface area contributed by atoms with Crippen molar-refractivity contribution in [3.05, 3.63) is 40.1 Å². The highest BCUT2D eigenvalue weighted by atomic mass is 16.7. The number of benzene rings is 1. The van der Waals surface area contributed by atoms with Gasteiger partial charge in [0, 0.05) is 7.11 Å². The average molecular weight is 432 g/mol. The molecule has 0 aromatic heterocycles. The molecule has 3 rings (SSSR count). The zero-order valence-electron chi connectivity index (χ0n) is 20.0. The summed E-state index contributed by atoms with van der Waals surface area (Å²) in [4.78, 5) is 25.5. The molecule has 31 heavy (non-hydrogen) atoms. The molecule has 1 heterocycles. The molecule has 0 bridgehead atoms. The molecule has 172 valence electrons. The highest BCUT2D eigenvalue weighted by Crippen LogP contribution is 2.45. The fourth-order valence-electron chi connectivity index (χ4n) is 4.65. The van der Waals surface area contributed by atoms with E-state index in [1.165, 1.54) is 0 Å². The molecule has 6 nitrogen and oxygen atoms in total. The average Bonchev–Trinajstić information content (AvgIpc) is 3.00. The van der Waals surface area contributed by atoms with Crippen molar-refractivity contribution in [3.8, 4) is 0 Å². The SMILES string of the molecule is CC.CCOC(=O)OC1=C(c2c(C)cc(C)cc2CC)C(=O)NC12CCC(OC)CC2. The normalized spacial score (nSPS) is 22.7. The zero-order valence-corrected chi connectivity index (χ0v) is 20.0. The van der Waals surface area contributed by atoms with Gasteiger partial charge >= 0.3 is 6.16 Å². The van der Waals surface area contributed by atoms with E-state index in [1.807, 2.05) is 27.7 Å². The van der Waals surface area contributed by atoms with Crippen molar-refractivity contribution in [1.82, 2.24) is 5.32 Å². The van der Waals surface area contributed by atoms with Crippen molar-refractivity contribution in [2.75, 3.05) is 13.7 Å². The van der Waals surface area contributed by atoms with Crippen molar-refractivity contribution >= 4 is 17.6 Å². The molecule has 1 aliphatic heterocycles. The third-order valence-corrected chi connectivity index (χ3v) is 6.00. The van der Waals surface area contributed by atoms with Crippen LogP contribution in [0.1, 0.15) is 75.6 Å². The van der Waals surface area contributed by atoms with Crippen LogP contribution in [-0.2, 0) is 25.4 Å². The standard InChI is InChI=1S/C23H31NO5.C2H6/c1-6-16-13-14(3)12-15(4)18(16)19-20(29-22(26)28-7-2)23(24-21(19)25)10-8-17(27-5)9-11-23;1-2/h12-13,17H,6-11H2,1-5H3,(H,24,25);1-2H3. The molecule has 0 saturated heterocycles. The Balaban J connectivity index is 0.00000166. The van der Waals surface area contributed by atoms with Crippen LogP contribution in [-0.4, -0.2) is 37.4 Å². The maximum absolute atomic E-state index is 13.2. The summed E-state index contributed by atoms with van der Waals surface area (Å²) in [6, 6.07) is 4.15. The molecule has 2 aliphatic rings. The van der Waals surface area contributed by atoms with Crippen LogP contribution in [0.3, 0.4) is 0 Å². The third kappa shape index (κ3) is 5.12. The van der Waals surface area contributed by atoms with Crippen LogP contribution in [0.4, 0.5) is 4.79 Å². The first-order valence-electron chi connectivity index (χ1n) is 11.4. The van der Waals surface area contributed by atoms with Gasteiger partial charge in [-0.05, 0) is 69.6 Å². The quantitative estimate of drug-likeness (QED) is 0.646. The maximum atomic E-state index is 13.2. The molecular formula is C25H37NO5. The van der Waals surface area contributed by atoms with Crippen LogP contribution in [0.25, 0.3) is 5.57 Å². The summed E-state index contributed by atoms with van der Waals surface area (Å²) in [7, 11) is 1.70. The third-order valence-electron chi connectivity index (χ3n) is 6.00. The Morgan fingerprint density at radius 3 is 2.35 bits per heavy atom. The molecule has 1 spiro atoms. The summed E-state index contributed by atoms with van der Waals surface area (Å²) in [5, 5.41) is 3.15. The van der Waals surface area contributed by atoms with E-state index in [2.05, 4.69) is 24.4 Å². The molecule has 0 radical (unpaired) electrons. The molecule has 1 saturated carbocycles. The first-order chi connectivity index (χ1) is 14.8. The lowest BCUT2D eigenvalue weighted by Crippen LogP contribution is -2.49. The second-order valence-electron chi connectivity index (χ2n) is 7.93. The maximum Gasteiger partial charge on any atom is 0.513 e. The second-order valence-corrected chi connectivity index (χ2v) is 7.93. The van der Waals surface area contributed by atoms with Crippen LogP contribution < -0.4 is 5.32 Å². The minimum absolute atomic E-state index is 0.151. The lowest BCUT2D eigenvalue weighted by Gasteiger charge is -2.37. The number of nitrogens with one attached hydrogen (secondary N) is 1. The lowest BCUT2D eigenvalue weighted by atomic mass is 9.78. The zero-order chi connectivity index (χ0) is 23.2. The molecule has 6 heteroatoms. The number of hydrogen-bond acceptors (Lipinski definition) is 5. The van der Waals surface area contributed by atoms with E-state index < -0.39 is 11.7 Å². The smallest absolute Gasteiger partial charge is 0.434 e. The predicted octanol–water partition coefficient (Wildman–Crippen LogP) is 5.23. The van der Waals surface area contributed by atoms with Crippen molar-refractivity contribution in [3.63, 3.8) is 0 Å². The number of rotatable bonds is 5. The van der Waals surface area contributed by atoms with Gasteiger partial charge in [-0.15, -0.1) is 0 Å². The molecule has 1 aliphatic carbocycles. The Morgan fingerprint density at radius 2 is 1.81 bits per heavy atom. The molecular weight excluding hydrogens is 394 g/mol. The summed E-state index contributed by atoms with van der Waals surface area (Å²) < 4.78 is 16.3. The molecule has 1 fully saturated rings. The predicted molar refractivity (Wildman–Crippen MR) is 122 cm³/mol. The Hall–Kier alpha value is -2.34. The molecule has 1 aromatic rings. The van der Waals surface area contributed by atoms with Crippen molar-refractivity contribution < 1.29 is 23.8 Å². The number of carbonyl (C=O) groups is 2. The summed E-state index contributed by atoms with van der Waals surface area (Å²) >= 11 is 0. The molecule has 0 unspecified atom stereocenters. The fourth-order valence-corrected chi connectivity index (χ4v) is 4.65. The summed E-state index contributed by atoms with van der Waals surface area (Å²) in [6.07, 6.45) is 3.04. The van der Waals surface area contributed by atoms with E-state index in [0.717, 1.165) is 41.5 Å². The van der Waals surface area contributed by atoms with Gasteiger partial charge in [0.1, 0.15) is 5.76 Å². The minimum atomic E-state index is -0.771. The van der Waals surface area contributed by atoms with Gasteiger partial charge in [0.2, 0.25) is 0 Å². The fraction of sp³-hybridized carbons (Fsp3) is 0.600. The minimum Gasteiger partial charge on any atom is -0.434 e. The van der Waals surface area contributed by atoms with Gasteiger partial charge in [-0.1, -0.05) is 38.5 Å². The van der Waals surface area contributed by atoms with E-state index in [9.17, 15) is 9.59 Å². The Morgan fingerprint density at radius 1 is 1.16 bits per heavy atom. The van der Waals surface area contributed by atoms with Gasteiger partial charge in [0.15, 0.2) is 0 Å². The van der Waals surface area contributed by atoms with Gasteiger partial charge < -0.3 is 19.5 Å². The molecule has 1 N–H and O–H groups in total. The number of carbonyl (C=O) groups excluding carboxylic acids is 2. The Kier molecular flexibility index (Phi) is 8.69. The van der Waals surface area contributed by atoms with Crippen molar-refractivity contribution in [2.24, 2.45) is 0 Å². The lowest BCUT2D eigenvalue weighted by molar-refractivity contribution is -0.116. The summed E-state index contributed by atoms with van der Waals surface area (Å²) in [5.41, 5.74) is 3.84. The van der Waals surface area contributed by atoms with Crippen LogP contribution in [0.2, 0.25) is 0 Å². The number of ether oxygens (including phenoxy) is 3. The Bertz CT molecular complexity index is 835. The van der Waals surface area contributed by atoms with E-state index in [4.69, 9.17) is 14.2 Å². The highest BCUT2D eigenvalue weighted by Gasteiger charge is 2.50. The Labute approximate surface area is 186 Å². The van der Waals surface area contributed by atoms with E-state index in [1.54, 1.807) is 14.0 Å². The summed E-state index contributed by atoms with van der Waals surface area (Å²) in [6.45, 7) is 12.1. The van der Waals surface area contributed by atoms with Gasteiger partial charge in [-0.25, -0.2) is 4.79 Å². The van der Waals surface area contributed by atoms with Crippen LogP contribution in [0.5, 0.6) is 0 Å². The van der Waals surface area contributed by atoms with Gasteiger partial charge in [0.25, 0.3) is 5.91 Å². The van der Waals surface area contributed by atoms with Crippen LogP contribution in [0.15, 0.2) is 17.9 Å². The van der Waals surface area contributed by atoms with Crippen molar-refractivity contribution in [1.29, 1.82) is 0 Å². The van der Waals surface area contributed by atoms with E-state index >= 15 is 0 Å². The van der Waals surface area contributed by atoms with Crippen LogP contribution >= 0.6 is 0 Å². The summed E-state index contributed by atoms with van der Waals surface area (Å²) in [5.74, 6) is 0.207. The van der Waals surface area contributed by atoms with Crippen LogP contribution in [0, 0.1) is 13.8 Å². The largest absolute Gasteiger partial charge is 0.513 e. The highest BCUT2D eigenvalue weighted by molar-refractivity contribution is 6.24. The topological polar surface area (TPSA) is 73.9 Å². The first-order valence-corrected chi connectivity index (χ1v) is 11.4. The van der Waals surface area contributed by atoms with E-state index in [-0.39, 0.29) is 18.6 Å². The monoisotopic (exact) mass is 431 g/mol. The molecule has 1 amide bonds. The molecule has 0 atom stereocenters. The number of methoxy groups -OCH3 is 1. The molecule has 1 aromatic carbocycles. The number of amides is 1. The van der Waals surface area contributed by atoms with Gasteiger partial charge in [-0.3, -0.25) is 4.79 Å².